The van der Waals surface area contributed by atoms with Gasteiger partial charge in [-0.2, -0.15) is 0 Å². The summed E-state index contributed by atoms with van der Waals surface area (Å²) in [6, 6.07) is 5.68. The van der Waals surface area contributed by atoms with Crippen LogP contribution in [0.15, 0.2) is 23.2 Å². The standard InChI is InChI=1S/C11H15FIN3O/c12-4-1-5-17-10-3-2-8(6-9(10)13)7-16-11(14)15/h2-3,6H,1,4-5,7H2,(H4,14,15,16). The Hall–Kier alpha value is -1.05. The van der Waals surface area contributed by atoms with E-state index < -0.39 is 0 Å². The van der Waals surface area contributed by atoms with Gasteiger partial charge in [-0.3, -0.25) is 4.39 Å². The van der Waals surface area contributed by atoms with Crippen molar-refractivity contribution >= 4 is 28.6 Å². The molecule has 0 radical (unpaired) electrons. The van der Waals surface area contributed by atoms with E-state index in [4.69, 9.17) is 16.2 Å². The highest BCUT2D eigenvalue weighted by molar-refractivity contribution is 14.1. The van der Waals surface area contributed by atoms with Gasteiger partial charge in [0.25, 0.3) is 0 Å². The Bertz CT molecular complexity index is 394. The van der Waals surface area contributed by atoms with Crippen LogP contribution >= 0.6 is 22.6 Å². The van der Waals surface area contributed by atoms with E-state index in [2.05, 4.69) is 27.6 Å². The molecule has 0 aromatic heterocycles. The maximum absolute atomic E-state index is 11.9. The molecular formula is C11H15FIN3O. The fourth-order valence-electron chi connectivity index (χ4n) is 1.18. The van der Waals surface area contributed by atoms with Gasteiger partial charge in [0, 0.05) is 6.42 Å². The number of benzene rings is 1. The molecule has 94 valence electrons. The molecule has 0 spiro atoms. The molecule has 4 nitrogen and oxygen atoms in total. The number of aliphatic imine (C=N–C) groups is 1. The van der Waals surface area contributed by atoms with E-state index in [-0.39, 0.29) is 12.6 Å². The van der Waals surface area contributed by atoms with Crippen LogP contribution in [0.3, 0.4) is 0 Å². The lowest BCUT2D eigenvalue weighted by molar-refractivity contribution is 0.288. The van der Waals surface area contributed by atoms with Crippen molar-refractivity contribution in [2.75, 3.05) is 13.3 Å². The molecular weight excluding hydrogens is 336 g/mol. The first kappa shape index (κ1) is 14.0. The predicted molar refractivity (Wildman–Crippen MR) is 74.8 cm³/mol. The van der Waals surface area contributed by atoms with Gasteiger partial charge in [-0.15, -0.1) is 0 Å². The molecule has 0 amide bonds. The number of hydrogen-bond donors (Lipinski definition) is 2. The van der Waals surface area contributed by atoms with E-state index in [1.165, 1.54) is 0 Å². The maximum atomic E-state index is 11.9. The summed E-state index contributed by atoms with van der Waals surface area (Å²) in [7, 11) is 0. The number of nitrogens with zero attached hydrogens (tertiary/aromatic N) is 1. The molecule has 0 aliphatic heterocycles. The first-order chi connectivity index (χ1) is 8.13. The number of nitrogens with two attached hydrogens (primary N) is 2. The minimum Gasteiger partial charge on any atom is -0.492 e. The van der Waals surface area contributed by atoms with Crippen LogP contribution < -0.4 is 16.2 Å². The van der Waals surface area contributed by atoms with E-state index in [1.54, 1.807) is 0 Å². The van der Waals surface area contributed by atoms with Gasteiger partial charge >= 0.3 is 0 Å². The molecule has 0 aliphatic carbocycles. The van der Waals surface area contributed by atoms with Gasteiger partial charge in [-0.1, -0.05) is 6.07 Å². The number of alkyl halides is 1. The van der Waals surface area contributed by atoms with Crippen LogP contribution in [0.2, 0.25) is 0 Å². The Morgan fingerprint density at radius 2 is 2.18 bits per heavy atom. The molecule has 0 unspecified atom stereocenters. The second kappa shape index (κ2) is 7.31. The molecule has 0 heterocycles. The highest BCUT2D eigenvalue weighted by atomic mass is 127. The first-order valence-electron chi connectivity index (χ1n) is 5.16. The monoisotopic (exact) mass is 351 g/mol. The number of guanidine groups is 1. The Morgan fingerprint density at radius 3 is 2.76 bits per heavy atom. The van der Waals surface area contributed by atoms with E-state index >= 15 is 0 Å². The van der Waals surface area contributed by atoms with Crippen molar-refractivity contribution < 1.29 is 9.13 Å². The van der Waals surface area contributed by atoms with Gasteiger partial charge in [0.05, 0.1) is 23.4 Å². The van der Waals surface area contributed by atoms with Crippen LogP contribution in [0, 0.1) is 3.57 Å². The maximum Gasteiger partial charge on any atom is 0.186 e. The van der Waals surface area contributed by atoms with E-state index in [1.807, 2.05) is 18.2 Å². The third-order valence-electron chi connectivity index (χ3n) is 1.98. The van der Waals surface area contributed by atoms with Gasteiger partial charge < -0.3 is 16.2 Å². The number of ether oxygens (including phenoxy) is 1. The number of halogens is 2. The van der Waals surface area contributed by atoms with Crippen LogP contribution in [-0.4, -0.2) is 19.2 Å². The average Bonchev–Trinajstić information content (AvgIpc) is 2.29. The predicted octanol–water partition coefficient (Wildman–Crippen LogP) is 1.80. The minimum atomic E-state index is -0.362. The molecule has 4 N–H and O–H groups in total. The molecule has 0 saturated carbocycles. The molecule has 1 aromatic carbocycles. The molecule has 0 fully saturated rings. The van der Waals surface area contributed by atoms with Crippen molar-refractivity contribution in [3.8, 4) is 5.75 Å². The zero-order chi connectivity index (χ0) is 12.7. The van der Waals surface area contributed by atoms with Crippen molar-refractivity contribution in [2.45, 2.75) is 13.0 Å². The summed E-state index contributed by atoms with van der Waals surface area (Å²) in [6.07, 6.45) is 0.409. The van der Waals surface area contributed by atoms with E-state index in [0.29, 0.717) is 19.6 Å². The Balaban J connectivity index is 2.62. The summed E-state index contributed by atoms with van der Waals surface area (Å²) in [5, 5.41) is 0. The van der Waals surface area contributed by atoms with Crippen molar-refractivity contribution in [2.24, 2.45) is 16.5 Å². The molecule has 0 atom stereocenters. The molecule has 0 saturated heterocycles. The quantitative estimate of drug-likeness (QED) is 0.355. The minimum absolute atomic E-state index is 0.0725. The highest BCUT2D eigenvalue weighted by Gasteiger charge is 2.02. The van der Waals surface area contributed by atoms with Gasteiger partial charge in [-0.25, -0.2) is 4.99 Å². The van der Waals surface area contributed by atoms with Crippen molar-refractivity contribution in [1.82, 2.24) is 0 Å². The summed E-state index contributed by atoms with van der Waals surface area (Å²) in [5.74, 6) is 0.829. The van der Waals surface area contributed by atoms with Crippen LogP contribution in [-0.2, 0) is 6.54 Å². The van der Waals surface area contributed by atoms with Gasteiger partial charge in [0.15, 0.2) is 5.96 Å². The van der Waals surface area contributed by atoms with Gasteiger partial charge in [-0.05, 0) is 40.3 Å². The zero-order valence-corrected chi connectivity index (χ0v) is 11.5. The van der Waals surface area contributed by atoms with Crippen LogP contribution in [0.25, 0.3) is 0 Å². The largest absolute Gasteiger partial charge is 0.492 e. The molecule has 0 aliphatic rings. The Morgan fingerprint density at radius 1 is 1.41 bits per heavy atom. The summed E-state index contributed by atoms with van der Waals surface area (Å²) in [6.45, 7) is 0.474. The van der Waals surface area contributed by atoms with Crippen molar-refractivity contribution in [1.29, 1.82) is 0 Å². The van der Waals surface area contributed by atoms with Crippen molar-refractivity contribution in [3.05, 3.63) is 27.3 Å². The molecule has 6 heteroatoms. The lowest BCUT2D eigenvalue weighted by atomic mass is 10.2. The fourth-order valence-corrected chi connectivity index (χ4v) is 1.91. The fraction of sp³-hybridized carbons (Fsp3) is 0.364. The topological polar surface area (TPSA) is 73.6 Å². The molecule has 17 heavy (non-hydrogen) atoms. The lowest BCUT2D eigenvalue weighted by Crippen LogP contribution is -2.22. The van der Waals surface area contributed by atoms with Gasteiger partial charge in [0.1, 0.15) is 5.75 Å². The lowest BCUT2D eigenvalue weighted by Gasteiger charge is -2.08. The zero-order valence-electron chi connectivity index (χ0n) is 9.33. The normalized spacial score (nSPS) is 10.0. The second-order valence-electron chi connectivity index (χ2n) is 3.40. The average molecular weight is 351 g/mol. The van der Waals surface area contributed by atoms with Gasteiger partial charge in [0.2, 0.25) is 0 Å². The molecule has 0 bridgehead atoms. The van der Waals surface area contributed by atoms with Crippen LogP contribution in [0.4, 0.5) is 4.39 Å². The highest BCUT2D eigenvalue weighted by Crippen LogP contribution is 2.22. The van der Waals surface area contributed by atoms with E-state index in [9.17, 15) is 4.39 Å². The molecule has 1 rings (SSSR count). The summed E-state index contributed by atoms with van der Waals surface area (Å²) >= 11 is 2.17. The van der Waals surface area contributed by atoms with Crippen molar-refractivity contribution in [3.63, 3.8) is 0 Å². The second-order valence-corrected chi connectivity index (χ2v) is 4.56. The van der Waals surface area contributed by atoms with E-state index in [0.717, 1.165) is 14.9 Å². The first-order valence-corrected chi connectivity index (χ1v) is 6.24. The summed E-state index contributed by atoms with van der Waals surface area (Å²) in [4.78, 5) is 3.92. The SMILES string of the molecule is NC(N)=NCc1ccc(OCCCF)c(I)c1. The Labute approximate surface area is 113 Å². The number of rotatable bonds is 6. The van der Waals surface area contributed by atoms with Crippen LogP contribution in [0.1, 0.15) is 12.0 Å². The number of hydrogen-bond acceptors (Lipinski definition) is 2. The molecule has 1 aromatic rings. The smallest absolute Gasteiger partial charge is 0.186 e. The third kappa shape index (κ3) is 5.20. The Kier molecular flexibility index (Phi) is 6.03. The third-order valence-corrected chi connectivity index (χ3v) is 2.82. The summed E-state index contributed by atoms with van der Waals surface area (Å²) < 4.78 is 18.3. The van der Waals surface area contributed by atoms with Crippen LogP contribution in [0.5, 0.6) is 5.75 Å². The summed E-state index contributed by atoms with van der Waals surface area (Å²) in [5.41, 5.74) is 11.5.